The van der Waals surface area contributed by atoms with Crippen LogP contribution in [0.1, 0.15) is 19.5 Å². The van der Waals surface area contributed by atoms with E-state index in [4.69, 9.17) is 5.73 Å². The van der Waals surface area contributed by atoms with E-state index in [1.165, 1.54) is 0 Å². The van der Waals surface area contributed by atoms with Gasteiger partial charge in [-0.15, -0.1) is 0 Å². The molecule has 1 aromatic rings. The van der Waals surface area contributed by atoms with Crippen LogP contribution in [0.4, 0.5) is 5.82 Å². The Kier molecular flexibility index (Phi) is 3.04. The number of aromatic nitrogens is 1. The average Bonchev–Trinajstić information content (AvgIpc) is 2.26. The fourth-order valence-corrected chi connectivity index (χ4v) is 1.87. The Hall–Kier alpha value is -1.95. The molecule has 2 rings (SSSR count). The molecule has 96 valence electrons. The van der Waals surface area contributed by atoms with Crippen LogP contribution in [0.3, 0.4) is 0 Å². The number of nitrogen functional groups attached to an aromatic ring is 1. The smallest absolute Gasteiger partial charge is 0.246 e. The summed E-state index contributed by atoms with van der Waals surface area (Å²) in [5.41, 5.74) is 5.62. The molecule has 0 unspecified atom stereocenters. The van der Waals surface area contributed by atoms with Gasteiger partial charge in [-0.25, -0.2) is 4.98 Å². The number of hydrogen-bond donors (Lipinski definition) is 2. The summed E-state index contributed by atoms with van der Waals surface area (Å²) in [5, 5.41) is 2.33. The molecule has 0 bridgehead atoms. The lowest BCUT2D eigenvalue weighted by Crippen LogP contribution is -2.63. The van der Waals surface area contributed by atoms with Crippen LogP contribution in [0.5, 0.6) is 0 Å². The van der Waals surface area contributed by atoms with Crippen molar-refractivity contribution < 1.29 is 9.59 Å². The van der Waals surface area contributed by atoms with Crippen molar-refractivity contribution in [3.8, 4) is 0 Å². The first kappa shape index (κ1) is 12.5. The third-order valence-electron chi connectivity index (χ3n) is 3.11. The van der Waals surface area contributed by atoms with Gasteiger partial charge in [0.05, 0.1) is 17.8 Å². The average molecular weight is 248 g/mol. The number of imide groups is 1. The van der Waals surface area contributed by atoms with Crippen LogP contribution in [-0.2, 0) is 16.1 Å². The molecular formula is C12H16N4O2. The maximum atomic E-state index is 11.8. The number of nitrogens with one attached hydrogen (secondary N) is 1. The molecule has 3 N–H and O–H groups in total. The number of anilines is 1. The molecule has 0 saturated carbocycles. The number of amides is 2. The highest BCUT2D eigenvalue weighted by atomic mass is 16.2. The molecule has 1 aromatic heterocycles. The lowest BCUT2D eigenvalue weighted by atomic mass is 9.98. The number of rotatable bonds is 2. The summed E-state index contributed by atoms with van der Waals surface area (Å²) in [7, 11) is 0. The normalized spacial score (nSPS) is 19.7. The molecule has 0 radical (unpaired) electrons. The first-order valence-electron chi connectivity index (χ1n) is 5.70. The lowest BCUT2D eigenvalue weighted by molar-refractivity contribution is -0.145. The number of nitrogens with zero attached hydrogens (tertiary/aromatic N) is 2. The largest absolute Gasteiger partial charge is 0.384 e. The first-order valence-corrected chi connectivity index (χ1v) is 5.70. The molecule has 2 amide bonds. The van der Waals surface area contributed by atoms with E-state index >= 15 is 0 Å². The topological polar surface area (TPSA) is 88.3 Å². The third kappa shape index (κ3) is 2.33. The van der Waals surface area contributed by atoms with Crippen molar-refractivity contribution in [2.45, 2.75) is 25.9 Å². The van der Waals surface area contributed by atoms with Gasteiger partial charge >= 0.3 is 0 Å². The van der Waals surface area contributed by atoms with E-state index in [1.54, 1.807) is 30.9 Å². The maximum Gasteiger partial charge on any atom is 0.246 e. The summed E-state index contributed by atoms with van der Waals surface area (Å²) >= 11 is 0. The molecule has 0 aliphatic carbocycles. The van der Waals surface area contributed by atoms with Gasteiger partial charge in [0, 0.05) is 6.54 Å². The van der Waals surface area contributed by atoms with Gasteiger partial charge in [0.1, 0.15) is 5.82 Å². The van der Waals surface area contributed by atoms with Crippen molar-refractivity contribution in [3.63, 3.8) is 0 Å². The molecule has 18 heavy (non-hydrogen) atoms. The van der Waals surface area contributed by atoms with Gasteiger partial charge in [-0.1, -0.05) is 6.07 Å². The molecule has 6 heteroatoms. The predicted molar refractivity (Wildman–Crippen MR) is 66.3 cm³/mol. The zero-order valence-electron chi connectivity index (χ0n) is 10.4. The Morgan fingerprint density at radius 1 is 1.44 bits per heavy atom. The van der Waals surface area contributed by atoms with Gasteiger partial charge in [0.2, 0.25) is 11.8 Å². The molecule has 1 aliphatic rings. The van der Waals surface area contributed by atoms with E-state index in [2.05, 4.69) is 10.3 Å². The second kappa shape index (κ2) is 4.38. The number of carbonyl (C=O) groups is 2. The summed E-state index contributed by atoms with van der Waals surface area (Å²) < 4.78 is 0. The zero-order valence-corrected chi connectivity index (χ0v) is 10.4. The SMILES string of the molecule is CC1(C)C(=O)NC(=O)CN1Cc1cccc(N)n1. The Morgan fingerprint density at radius 3 is 2.83 bits per heavy atom. The molecule has 0 spiro atoms. The minimum absolute atomic E-state index is 0.176. The van der Waals surface area contributed by atoms with Gasteiger partial charge in [-0.05, 0) is 26.0 Å². The van der Waals surface area contributed by atoms with Crippen molar-refractivity contribution >= 4 is 17.6 Å². The second-order valence-corrected chi connectivity index (χ2v) is 4.85. The Morgan fingerprint density at radius 2 is 2.17 bits per heavy atom. The van der Waals surface area contributed by atoms with Crippen molar-refractivity contribution in [2.24, 2.45) is 0 Å². The van der Waals surface area contributed by atoms with E-state index in [9.17, 15) is 9.59 Å². The first-order chi connectivity index (χ1) is 8.39. The summed E-state index contributed by atoms with van der Waals surface area (Å²) in [5.74, 6) is -0.149. The van der Waals surface area contributed by atoms with E-state index in [-0.39, 0.29) is 18.4 Å². The maximum absolute atomic E-state index is 11.8. The summed E-state index contributed by atoms with van der Waals surface area (Å²) in [6.45, 7) is 4.15. The minimum Gasteiger partial charge on any atom is -0.384 e. The standard InChI is InChI=1S/C12H16N4O2/c1-12(2)11(18)15-10(17)7-16(12)6-8-4-3-5-9(13)14-8/h3-5H,6-7H2,1-2H3,(H2,13,14)(H,15,17,18). The van der Waals surface area contributed by atoms with Crippen LogP contribution in [0.2, 0.25) is 0 Å². The van der Waals surface area contributed by atoms with Gasteiger partial charge in [-0.3, -0.25) is 19.8 Å². The minimum atomic E-state index is -0.736. The highest BCUT2D eigenvalue weighted by Gasteiger charge is 2.40. The fraction of sp³-hybridized carbons (Fsp3) is 0.417. The van der Waals surface area contributed by atoms with E-state index in [1.807, 2.05) is 6.07 Å². The number of nitrogens with two attached hydrogens (primary N) is 1. The summed E-state index contributed by atoms with van der Waals surface area (Å²) in [6.07, 6.45) is 0. The molecular weight excluding hydrogens is 232 g/mol. The Balaban J connectivity index is 2.21. The third-order valence-corrected chi connectivity index (χ3v) is 3.11. The molecule has 1 saturated heterocycles. The van der Waals surface area contributed by atoms with Crippen LogP contribution in [0.25, 0.3) is 0 Å². The Bertz CT molecular complexity index is 499. The zero-order chi connectivity index (χ0) is 13.3. The molecule has 1 aliphatic heterocycles. The number of piperazine rings is 1. The van der Waals surface area contributed by atoms with E-state index < -0.39 is 5.54 Å². The number of carbonyl (C=O) groups excluding carboxylic acids is 2. The van der Waals surface area contributed by atoms with Crippen LogP contribution in [-0.4, -0.2) is 33.8 Å². The molecule has 1 fully saturated rings. The summed E-state index contributed by atoms with van der Waals surface area (Å²) in [4.78, 5) is 29.1. The molecule has 6 nitrogen and oxygen atoms in total. The molecule has 0 atom stereocenters. The quantitative estimate of drug-likeness (QED) is 0.714. The van der Waals surface area contributed by atoms with Crippen molar-refractivity contribution in [3.05, 3.63) is 23.9 Å². The molecule has 2 heterocycles. The number of hydrogen-bond acceptors (Lipinski definition) is 5. The van der Waals surface area contributed by atoms with Crippen LogP contribution >= 0.6 is 0 Å². The van der Waals surface area contributed by atoms with Gasteiger partial charge in [0.15, 0.2) is 0 Å². The highest BCUT2D eigenvalue weighted by molar-refractivity contribution is 6.02. The van der Waals surface area contributed by atoms with Crippen LogP contribution in [0, 0.1) is 0 Å². The number of pyridine rings is 1. The van der Waals surface area contributed by atoms with Crippen LogP contribution in [0.15, 0.2) is 18.2 Å². The molecule has 0 aromatic carbocycles. The van der Waals surface area contributed by atoms with Gasteiger partial charge in [-0.2, -0.15) is 0 Å². The summed E-state index contributed by atoms with van der Waals surface area (Å²) in [6, 6.07) is 5.32. The van der Waals surface area contributed by atoms with E-state index in [0.29, 0.717) is 12.4 Å². The van der Waals surface area contributed by atoms with Crippen molar-refractivity contribution in [1.82, 2.24) is 15.2 Å². The highest BCUT2D eigenvalue weighted by Crippen LogP contribution is 2.20. The Labute approximate surface area is 105 Å². The monoisotopic (exact) mass is 248 g/mol. The van der Waals surface area contributed by atoms with Gasteiger partial charge < -0.3 is 5.73 Å². The predicted octanol–water partition coefficient (Wildman–Crippen LogP) is -0.0992. The lowest BCUT2D eigenvalue weighted by Gasteiger charge is -2.39. The fourth-order valence-electron chi connectivity index (χ4n) is 1.87. The van der Waals surface area contributed by atoms with Gasteiger partial charge in [0.25, 0.3) is 0 Å². The van der Waals surface area contributed by atoms with Crippen molar-refractivity contribution in [1.29, 1.82) is 0 Å². The second-order valence-electron chi connectivity index (χ2n) is 4.85. The van der Waals surface area contributed by atoms with Crippen molar-refractivity contribution in [2.75, 3.05) is 12.3 Å². The van der Waals surface area contributed by atoms with Crippen LogP contribution < -0.4 is 11.1 Å². The van der Waals surface area contributed by atoms with E-state index in [0.717, 1.165) is 5.69 Å².